The average Bonchev–Trinajstić information content (AvgIpc) is 2.59. The van der Waals surface area contributed by atoms with Gasteiger partial charge in [-0.25, -0.2) is 0 Å². The van der Waals surface area contributed by atoms with Gasteiger partial charge in [0, 0.05) is 18.0 Å². The van der Waals surface area contributed by atoms with Crippen LogP contribution in [0.25, 0.3) is 0 Å². The lowest BCUT2D eigenvalue weighted by atomic mass is 10.1. The summed E-state index contributed by atoms with van der Waals surface area (Å²) in [6.45, 7) is 4.04. The highest BCUT2D eigenvalue weighted by atomic mass is 32.2. The molecule has 96 valence electrons. The van der Waals surface area contributed by atoms with Crippen LogP contribution in [0.3, 0.4) is 0 Å². The van der Waals surface area contributed by atoms with Crippen LogP contribution in [-0.4, -0.2) is 15.8 Å². The van der Waals surface area contributed by atoms with Crippen LogP contribution in [0.4, 0.5) is 0 Å². The molecule has 1 heterocycles. The van der Waals surface area contributed by atoms with Crippen LogP contribution in [0.15, 0.2) is 40.3 Å². The molecule has 18 heavy (non-hydrogen) atoms. The first-order valence-corrected chi connectivity index (χ1v) is 6.89. The Balaban J connectivity index is 2.08. The molecule has 2 rings (SSSR count). The molecule has 0 spiro atoms. The Bertz CT molecular complexity index is 514. The number of hydrogen-bond acceptors (Lipinski definition) is 3. The molecule has 1 unspecified atom stereocenters. The van der Waals surface area contributed by atoms with Crippen molar-refractivity contribution in [2.45, 2.75) is 36.2 Å². The third kappa shape index (κ3) is 3.37. The number of nitrogens with zero attached hydrogens (tertiary/aromatic N) is 2. The largest absolute Gasteiger partial charge is 0.328 e. The van der Waals surface area contributed by atoms with Crippen molar-refractivity contribution >= 4 is 11.8 Å². The molecule has 4 heteroatoms. The number of aromatic nitrogens is 2. The van der Waals surface area contributed by atoms with Crippen LogP contribution in [0.1, 0.15) is 18.2 Å². The lowest BCUT2D eigenvalue weighted by molar-refractivity contribution is 0.692. The van der Waals surface area contributed by atoms with Gasteiger partial charge in [-0.2, -0.15) is 5.10 Å². The average molecular weight is 261 g/mol. The predicted molar refractivity (Wildman–Crippen MR) is 75.9 cm³/mol. The third-order valence-corrected chi connectivity index (χ3v) is 3.76. The fourth-order valence-electron chi connectivity index (χ4n) is 1.87. The van der Waals surface area contributed by atoms with Gasteiger partial charge in [-0.05, 0) is 44.0 Å². The molecule has 0 amide bonds. The van der Waals surface area contributed by atoms with Crippen LogP contribution < -0.4 is 5.73 Å². The van der Waals surface area contributed by atoms with Crippen molar-refractivity contribution in [3.8, 4) is 0 Å². The first-order chi connectivity index (χ1) is 8.54. The molecule has 2 N–H and O–H groups in total. The first kappa shape index (κ1) is 13.2. The van der Waals surface area contributed by atoms with Crippen molar-refractivity contribution in [1.82, 2.24) is 9.78 Å². The number of hydrogen-bond donors (Lipinski definition) is 1. The summed E-state index contributed by atoms with van der Waals surface area (Å²) in [5.41, 5.74) is 8.13. The number of rotatable bonds is 4. The summed E-state index contributed by atoms with van der Waals surface area (Å²) in [6, 6.07) is 10.9. The second kappa shape index (κ2) is 5.59. The number of aryl methyl sites for hydroxylation is 2. The molecule has 0 aliphatic heterocycles. The summed E-state index contributed by atoms with van der Waals surface area (Å²) in [5, 5.41) is 5.50. The predicted octanol–water partition coefficient (Wildman–Crippen LogP) is 2.77. The zero-order valence-corrected chi connectivity index (χ0v) is 11.9. The fourth-order valence-corrected chi connectivity index (χ4v) is 2.78. The van der Waals surface area contributed by atoms with E-state index in [9.17, 15) is 0 Å². The zero-order valence-electron chi connectivity index (χ0n) is 11.1. The Hall–Kier alpha value is -1.26. The summed E-state index contributed by atoms with van der Waals surface area (Å²) in [6.07, 6.45) is 0.926. The van der Waals surface area contributed by atoms with E-state index >= 15 is 0 Å². The maximum atomic E-state index is 5.79. The molecule has 1 aromatic heterocycles. The van der Waals surface area contributed by atoms with Gasteiger partial charge in [0.15, 0.2) is 0 Å². The molecule has 0 saturated heterocycles. The van der Waals surface area contributed by atoms with Crippen molar-refractivity contribution in [2.75, 3.05) is 0 Å². The van der Waals surface area contributed by atoms with Crippen molar-refractivity contribution in [3.05, 3.63) is 41.6 Å². The van der Waals surface area contributed by atoms with Gasteiger partial charge in [0.2, 0.25) is 0 Å². The molecule has 0 bridgehead atoms. The molecule has 2 aromatic rings. The Morgan fingerprint density at radius 1 is 1.33 bits per heavy atom. The van der Waals surface area contributed by atoms with E-state index in [2.05, 4.69) is 35.4 Å². The minimum absolute atomic E-state index is 0.211. The number of nitrogens with two attached hydrogens (primary N) is 1. The molecule has 0 radical (unpaired) electrons. The summed E-state index contributed by atoms with van der Waals surface area (Å²) in [4.78, 5) is 1.23. The monoisotopic (exact) mass is 261 g/mol. The molecule has 0 fully saturated rings. The van der Waals surface area contributed by atoms with E-state index in [0.29, 0.717) is 0 Å². The first-order valence-electron chi connectivity index (χ1n) is 6.07. The van der Waals surface area contributed by atoms with Crippen LogP contribution in [0, 0.1) is 6.92 Å². The van der Waals surface area contributed by atoms with Crippen molar-refractivity contribution in [1.29, 1.82) is 0 Å². The van der Waals surface area contributed by atoms with E-state index < -0.39 is 0 Å². The SMILES string of the molecule is Cc1cc(Sc2ccc(CC(C)N)cc2)n(C)n1. The molecule has 3 nitrogen and oxygen atoms in total. The van der Waals surface area contributed by atoms with Gasteiger partial charge in [-0.1, -0.05) is 23.9 Å². The van der Waals surface area contributed by atoms with Gasteiger partial charge in [-0.15, -0.1) is 0 Å². The van der Waals surface area contributed by atoms with E-state index in [-0.39, 0.29) is 6.04 Å². The molecule has 1 atom stereocenters. The lowest BCUT2D eigenvalue weighted by Gasteiger charge is -2.06. The highest BCUT2D eigenvalue weighted by molar-refractivity contribution is 7.99. The van der Waals surface area contributed by atoms with Gasteiger partial charge in [0.1, 0.15) is 0 Å². The second-order valence-corrected chi connectivity index (χ2v) is 5.77. The van der Waals surface area contributed by atoms with Crippen LogP contribution in [0.2, 0.25) is 0 Å². The maximum Gasteiger partial charge on any atom is 0.0986 e. The van der Waals surface area contributed by atoms with Crippen molar-refractivity contribution in [3.63, 3.8) is 0 Å². The Labute approximate surface area is 112 Å². The summed E-state index contributed by atoms with van der Waals surface area (Å²) in [7, 11) is 1.97. The van der Waals surface area contributed by atoms with Crippen molar-refractivity contribution in [2.24, 2.45) is 12.8 Å². The number of benzene rings is 1. The quantitative estimate of drug-likeness (QED) is 0.920. The summed E-state index contributed by atoms with van der Waals surface area (Å²) >= 11 is 1.73. The van der Waals surface area contributed by atoms with Gasteiger partial charge < -0.3 is 5.73 Å². The van der Waals surface area contributed by atoms with E-state index in [4.69, 9.17) is 5.73 Å². The van der Waals surface area contributed by atoms with Crippen LogP contribution in [0.5, 0.6) is 0 Å². The molecule has 0 aliphatic rings. The fraction of sp³-hybridized carbons (Fsp3) is 0.357. The minimum atomic E-state index is 0.211. The molecular weight excluding hydrogens is 242 g/mol. The van der Waals surface area contributed by atoms with Crippen LogP contribution in [-0.2, 0) is 13.5 Å². The van der Waals surface area contributed by atoms with Gasteiger partial charge in [0.05, 0.1) is 10.7 Å². The Kier molecular flexibility index (Phi) is 4.09. The Morgan fingerprint density at radius 3 is 2.50 bits per heavy atom. The third-order valence-electron chi connectivity index (χ3n) is 2.66. The Morgan fingerprint density at radius 2 is 2.00 bits per heavy atom. The highest BCUT2D eigenvalue weighted by Gasteiger charge is 2.04. The topological polar surface area (TPSA) is 43.8 Å². The molecule has 1 aromatic carbocycles. The van der Waals surface area contributed by atoms with Crippen molar-refractivity contribution < 1.29 is 0 Å². The second-order valence-electron chi connectivity index (χ2n) is 4.67. The maximum absolute atomic E-state index is 5.79. The minimum Gasteiger partial charge on any atom is -0.328 e. The summed E-state index contributed by atoms with van der Waals surface area (Å²) < 4.78 is 1.91. The smallest absolute Gasteiger partial charge is 0.0986 e. The zero-order chi connectivity index (χ0) is 13.1. The lowest BCUT2D eigenvalue weighted by Crippen LogP contribution is -2.17. The molecule has 0 aliphatic carbocycles. The van der Waals surface area contributed by atoms with E-state index in [1.54, 1.807) is 11.8 Å². The van der Waals surface area contributed by atoms with Gasteiger partial charge in [0.25, 0.3) is 0 Å². The standard InChI is InChI=1S/C14H19N3S/c1-10(15)8-12-4-6-13(7-5-12)18-14-9-11(2)16-17(14)3/h4-7,9-10H,8,15H2,1-3H3. The van der Waals surface area contributed by atoms with Gasteiger partial charge >= 0.3 is 0 Å². The van der Waals surface area contributed by atoms with E-state index in [0.717, 1.165) is 17.1 Å². The van der Waals surface area contributed by atoms with Crippen LogP contribution >= 0.6 is 11.8 Å². The highest BCUT2D eigenvalue weighted by Crippen LogP contribution is 2.27. The normalized spacial score (nSPS) is 12.7. The van der Waals surface area contributed by atoms with E-state index in [1.165, 1.54) is 10.5 Å². The summed E-state index contributed by atoms with van der Waals surface area (Å²) in [5.74, 6) is 0. The van der Waals surface area contributed by atoms with Gasteiger partial charge in [-0.3, -0.25) is 4.68 Å². The molecule has 0 saturated carbocycles. The molecular formula is C14H19N3S. The van der Waals surface area contributed by atoms with E-state index in [1.807, 2.05) is 25.6 Å².